The number of halogens is 2. The summed E-state index contributed by atoms with van der Waals surface area (Å²) in [7, 11) is 0. The normalized spacial score (nSPS) is 11.1. The lowest BCUT2D eigenvalue weighted by Crippen LogP contribution is -2.02. The molecule has 96 valence electrons. The van der Waals surface area contributed by atoms with E-state index in [1.807, 2.05) is 24.3 Å². The van der Waals surface area contributed by atoms with Gasteiger partial charge in [-0.05, 0) is 29.8 Å². The maximum absolute atomic E-state index is 13.1. The molecule has 3 aromatic rings. The van der Waals surface area contributed by atoms with E-state index in [0.717, 1.165) is 16.5 Å². The van der Waals surface area contributed by atoms with Crippen molar-refractivity contribution >= 4 is 28.3 Å². The number of benzene rings is 2. The zero-order valence-electron chi connectivity index (χ0n) is 9.98. The minimum absolute atomic E-state index is 0.113. The molecular weight excluding hydrogens is 265 g/mol. The van der Waals surface area contributed by atoms with Crippen molar-refractivity contribution in [2.45, 2.75) is 6.54 Å². The van der Waals surface area contributed by atoms with Crippen molar-refractivity contribution in [3.05, 3.63) is 58.9 Å². The third kappa shape index (κ3) is 2.15. The van der Waals surface area contributed by atoms with Crippen LogP contribution in [0.15, 0.2) is 42.5 Å². The van der Waals surface area contributed by atoms with Gasteiger partial charge in [0.2, 0.25) is 0 Å². The van der Waals surface area contributed by atoms with E-state index in [4.69, 9.17) is 17.3 Å². The van der Waals surface area contributed by atoms with E-state index >= 15 is 0 Å². The van der Waals surface area contributed by atoms with Gasteiger partial charge in [-0.3, -0.25) is 4.68 Å². The highest BCUT2D eigenvalue weighted by molar-refractivity contribution is 6.30. The average Bonchev–Trinajstić information content (AvgIpc) is 2.72. The minimum Gasteiger partial charge on any atom is -0.382 e. The van der Waals surface area contributed by atoms with Gasteiger partial charge in [-0.2, -0.15) is 5.10 Å². The zero-order chi connectivity index (χ0) is 13.4. The monoisotopic (exact) mass is 275 g/mol. The molecule has 0 amide bonds. The van der Waals surface area contributed by atoms with Crippen LogP contribution in [0.1, 0.15) is 5.56 Å². The van der Waals surface area contributed by atoms with Gasteiger partial charge < -0.3 is 5.73 Å². The number of nitrogen functional groups attached to an aromatic ring is 1. The van der Waals surface area contributed by atoms with Crippen LogP contribution in [0.2, 0.25) is 5.02 Å². The van der Waals surface area contributed by atoms with E-state index in [9.17, 15) is 4.39 Å². The third-order valence-electron chi connectivity index (χ3n) is 3.00. The highest BCUT2D eigenvalue weighted by Crippen LogP contribution is 2.22. The van der Waals surface area contributed by atoms with Gasteiger partial charge >= 0.3 is 0 Å². The molecule has 19 heavy (non-hydrogen) atoms. The largest absolute Gasteiger partial charge is 0.382 e. The van der Waals surface area contributed by atoms with Gasteiger partial charge in [0.1, 0.15) is 5.82 Å². The van der Waals surface area contributed by atoms with Crippen molar-refractivity contribution in [1.82, 2.24) is 9.78 Å². The second kappa shape index (κ2) is 4.55. The molecule has 2 aromatic carbocycles. The molecule has 0 saturated carbocycles. The number of aromatic nitrogens is 2. The SMILES string of the molecule is Nc1nn(Cc2ccc(F)c(Cl)c2)c2ccccc12. The van der Waals surface area contributed by atoms with E-state index < -0.39 is 5.82 Å². The molecule has 0 bridgehead atoms. The lowest BCUT2D eigenvalue weighted by Gasteiger charge is -2.04. The molecule has 0 saturated heterocycles. The van der Waals surface area contributed by atoms with Gasteiger partial charge in [-0.25, -0.2) is 4.39 Å². The lowest BCUT2D eigenvalue weighted by molar-refractivity contribution is 0.626. The maximum atomic E-state index is 13.1. The van der Waals surface area contributed by atoms with E-state index in [0.29, 0.717) is 12.4 Å². The summed E-state index contributed by atoms with van der Waals surface area (Å²) in [4.78, 5) is 0. The van der Waals surface area contributed by atoms with Crippen LogP contribution < -0.4 is 5.73 Å². The first-order chi connectivity index (χ1) is 9.15. The summed E-state index contributed by atoms with van der Waals surface area (Å²) in [6.07, 6.45) is 0. The molecule has 0 aliphatic rings. The quantitative estimate of drug-likeness (QED) is 0.778. The summed E-state index contributed by atoms with van der Waals surface area (Å²) in [5.74, 6) is 0.0686. The Balaban J connectivity index is 2.03. The van der Waals surface area contributed by atoms with Crippen LogP contribution in [-0.4, -0.2) is 9.78 Å². The Bertz CT molecular complexity index is 752. The number of nitrogens with two attached hydrogens (primary N) is 1. The van der Waals surface area contributed by atoms with Crippen molar-refractivity contribution in [2.75, 3.05) is 5.73 Å². The Morgan fingerprint density at radius 3 is 2.79 bits per heavy atom. The van der Waals surface area contributed by atoms with E-state index in [1.54, 1.807) is 16.8 Å². The highest BCUT2D eigenvalue weighted by atomic mass is 35.5. The number of para-hydroxylation sites is 1. The van der Waals surface area contributed by atoms with Crippen LogP contribution in [-0.2, 0) is 6.54 Å². The smallest absolute Gasteiger partial charge is 0.153 e. The van der Waals surface area contributed by atoms with Crippen molar-refractivity contribution < 1.29 is 4.39 Å². The van der Waals surface area contributed by atoms with Gasteiger partial charge in [-0.1, -0.05) is 29.8 Å². The summed E-state index contributed by atoms with van der Waals surface area (Å²) in [6, 6.07) is 12.4. The summed E-state index contributed by atoms with van der Waals surface area (Å²) in [5.41, 5.74) is 7.69. The van der Waals surface area contributed by atoms with Crippen molar-refractivity contribution in [3.8, 4) is 0 Å². The fourth-order valence-electron chi connectivity index (χ4n) is 2.08. The van der Waals surface area contributed by atoms with Crippen LogP contribution in [0.4, 0.5) is 10.2 Å². The molecule has 0 atom stereocenters. The van der Waals surface area contributed by atoms with Crippen LogP contribution in [0, 0.1) is 5.82 Å². The standard InChI is InChI=1S/C14H11ClFN3/c15-11-7-9(5-6-12(11)16)8-19-13-4-2-1-3-10(13)14(17)18-19/h1-7H,8H2,(H2,17,18). The van der Waals surface area contributed by atoms with Gasteiger partial charge in [0, 0.05) is 5.39 Å². The van der Waals surface area contributed by atoms with E-state index in [1.165, 1.54) is 6.07 Å². The first-order valence-corrected chi connectivity index (χ1v) is 6.18. The fourth-order valence-corrected chi connectivity index (χ4v) is 2.29. The predicted octanol–water partition coefficient (Wildman–Crippen LogP) is 3.46. The van der Waals surface area contributed by atoms with Crippen LogP contribution in [0.3, 0.4) is 0 Å². The van der Waals surface area contributed by atoms with Gasteiger partial charge in [0.25, 0.3) is 0 Å². The second-order valence-corrected chi connectivity index (χ2v) is 4.72. The lowest BCUT2D eigenvalue weighted by atomic mass is 10.2. The maximum Gasteiger partial charge on any atom is 0.153 e. The molecule has 2 N–H and O–H groups in total. The van der Waals surface area contributed by atoms with Crippen molar-refractivity contribution in [3.63, 3.8) is 0 Å². The third-order valence-corrected chi connectivity index (χ3v) is 3.29. The first kappa shape index (κ1) is 12.0. The molecule has 0 unspecified atom stereocenters. The predicted molar refractivity (Wildman–Crippen MR) is 74.7 cm³/mol. The minimum atomic E-state index is -0.421. The van der Waals surface area contributed by atoms with Crippen molar-refractivity contribution in [2.24, 2.45) is 0 Å². The van der Waals surface area contributed by atoms with Crippen LogP contribution in [0.25, 0.3) is 10.9 Å². The van der Waals surface area contributed by atoms with Gasteiger partial charge in [0.05, 0.1) is 17.1 Å². The van der Waals surface area contributed by atoms with Gasteiger partial charge in [0.15, 0.2) is 5.82 Å². The van der Waals surface area contributed by atoms with Gasteiger partial charge in [-0.15, -0.1) is 0 Å². The van der Waals surface area contributed by atoms with E-state index in [2.05, 4.69) is 5.10 Å². The molecule has 5 heteroatoms. The Kier molecular flexibility index (Phi) is 2.87. The summed E-state index contributed by atoms with van der Waals surface area (Å²) < 4.78 is 14.9. The number of nitrogens with zero attached hydrogens (tertiary/aromatic N) is 2. The molecule has 1 aromatic heterocycles. The highest BCUT2D eigenvalue weighted by Gasteiger charge is 2.08. The summed E-state index contributed by atoms with van der Waals surface area (Å²) in [6.45, 7) is 0.498. The molecular formula is C14H11ClFN3. The average molecular weight is 276 g/mol. The summed E-state index contributed by atoms with van der Waals surface area (Å²) in [5, 5.41) is 5.32. The molecule has 0 aliphatic heterocycles. The number of hydrogen-bond donors (Lipinski definition) is 1. The molecule has 0 spiro atoms. The molecule has 1 heterocycles. The molecule has 0 radical (unpaired) electrons. The fraction of sp³-hybridized carbons (Fsp3) is 0.0714. The topological polar surface area (TPSA) is 43.8 Å². The van der Waals surface area contributed by atoms with Crippen LogP contribution in [0.5, 0.6) is 0 Å². The Morgan fingerprint density at radius 1 is 1.21 bits per heavy atom. The van der Waals surface area contributed by atoms with Crippen LogP contribution >= 0.6 is 11.6 Å². The molecule has 3 nitrogen and oxygen atoms in total. The number of rotatable bonds is 2. The molecule has 0 fully saturated rings. The summed E-state index contributed by atoms with van der Waals surface area (Å²) >= 11 is 5.77. The zero-order valence-corrected chi connectivity index (χ0v) is 10.7. The Morgan fingerprint density at radius 2 is 2.00 bits per heavy atom. The van der Waals surface area contributed by atoms with E-state index in [-0.39, 0.29) is 5.02 Å². The number of fused-ring (bicyclic) bond motifs is 1. The number of hydrogen-bond acceptors (Lipinski definition) is 2. The Hall–Kier alpha value is -2.07. The number of anilines is 1. The molecule has 3 rings (SSSR count). The van der Waals surface area contributed by atoms with Crippen molar-refractivity contribution in [1.29, 1.82) is 0 Å². The molecule has 0 aliphatic carbocycles. The Labute approximate surface area is 114 Å². The first-order valence-electron chi connectivity index (χ1n) is 5.80. The second-order valence-electron chi connectivity index (χ2n) is 4.31.